The van der Waals surface area contributed by atoms with Gasteiger partial charge in [-0.25, -0.2) is 9.69 Å². The van der Waals surface area contributed by atoms with Crippen LogP contribution >= 0.6 is 0 Å². The molecule has 52 heavy (non-hydrogen) atoms. The SMILES string of the molecule is CC1C(CN(C)C(C)C(O)c2ccccc2)OC(c2cccc(N3C(=O)CC(NC(=O)OCc4ccccc4)C3=O)c2)OC1c1ccc(CO)cc1. The van der Waals surface area contributed by atoms with Gasteiger partial charge in [0.25, 0.3) is 5.91 Å². The van der Waals surface area contributed by atoms with Crippen molar-refractivity contribution in [2.45, 2.75) is 70.2 Å². The molecule has 3 amide bonds. The van der Waals surface area contributed by atoms with Crippen molar-refractivity contribution in [3.8, 4) is 0 Å². The number of anilines is 1. The van der Waals surface area contributed by atoms with Gasteiger partial charge in [-0.2, -0.15) is 0 Å². The number of rotatable bonds is 12. The molecule has 7 atom stereocenters. The summed E-state index contributed by atoms with van der Waals surface area (Å²) in [5.74, 6) is -1.13. The Morgan fingerprint density at radius 1 is 0.923 bits per heavy atom. The number of amides is 3. The zero-order chi connectivity index (χ0) is 36.8. The zero-order valence-corrected chi connectivity index (χ0v) is 29.5. The van der Waals surface area contributed by atoms with Crippen LogP contribution in [0.2, 0.25) is 0 Å². The van der Waals surface area contributed by atoms with Crippen LogP contribution in [0.25, 0.3) is 0 Å². The fourth-order valence-corrected chi connectivity index (χ4v) is 6.68. The van der Waals surface area contributed by atoms with Gasteiger partial charge in [0.05, 0.1) is 37.0 Å². The molecule has 0 saturated carbocycles. The van der Waals surface area contributed by atoms with Crippen LogP contribution < -0.4 is 10.2 Å². The van der Waals surface area contributed by atoms with E-state index in [1.54, 1.807) is 18.2 Å². The maximum atomic E-state index is 13.5. The van der Waals surface area contributed by atoms with E-state index in [9.17, 15) is 24.6 Å². The number of nitrogens with zero attached hydrogens (tertiary/aromatic N) is 2. The lowest BCUT2D eigenvalue weighted by Crippen LogP contribution is -2.46. The van der Waals surface area contributed by atoms with Gasteiger partial charge in [0, 0.05) is 24.1 Å². The number of hydrogen-bond acceptors (Lipinski definition) is 9. The predicted molar refractivity (Wildman–Crippen MR) is 194 cm³/mol. The standard InChI is InChI=1S/C41H45N3O8/c1-26-35(23-43(3)27(2)37(47)30-13-8-5-9-14-30)51-40(52-38(26)31-19-17-28(24-45)18-20-31)32-15-10-16-33(21-32)44-36(46)22-34(39(44)48)42-41(49)50-25-29-11-6-4-7-12-29/h4-21,26-27,34-35,37-38,40,45,47H,22-25H2,1-3H3,(H,42,49). The van der Waals surface area contributed by atoms with Crippen molar-refractivity contribution < 1.29 is 38.8 Å². The molecule has 6 rings (SSSR count). The Hall–Kier alpha value is -4.91. The molecule has 0 bridgehead atoms. The molecule has 7 unspecified atom stereocenters. The number of carbonyl (C=O) groups is 3. The number of hydrogen-bond donors (Lipinski definition) is 3. The van der Waals surface area contributed by atoms with Gasteiger partial charge in [0.2, 0.25) is 5.91 Å². The molecule has 3 N–H and O–H groups in total. The van der Waals surface area contributed by atoms with E-state index >= 15 is 0 Å². The lowest BCUT2D eigenvalue weighted by Gasteiger charge is -2.43. The van der Waals surface area contributed by atoms with Gasteiger partial charge in [0.1, 0.15) is 12.6 Å². The van der Waals surface area contributed by atoms with Crippen LogP contribution in [0.4, 0.5) is 10.5 Å². The molecular weight excluding hydrogens is 662 g/mol. The smallest absolute Gasteiger partial charge is 0.408 e. The van der Waals surface area contributed by atoms with Crippen LogP contribution in [0.3, 0.4) is 0 Å². The lowest BCUT2D eigenvalue weighted by molar-refractivity contribution is -0.276. The predicted octanol–water partition coefficient (Wildman–Crippen LogP) is 5.58. The third-order valence-corrected chi connectivity index (χ3v) is 9.94. The Balaban J connectivity index is 1.19. The summed E-state index contributed by atoms with van der Waals surface area (Å²) >= 11 is 0. The van der Waals surface area contributed by atoms with Crippen LogP contribution in [-0.2, 0) is 37.0 Å². The molecule has 272 valence electrons. The van der Waals surface area contributed by atoms with E-state index in [-0.39, 0.29) is 37.7 Å². The first kappa shape index (κ1) is 36.9. The molecule has 4 aromatic rings. The second-order valence-corrected chi connectivity index (χ2v) is 13.5. The molecule has 2 aliphatic rings. The van der Waals surface area contributed by atoms with Crippen molar-refractivity contribution in [3.63, 3.8) is 0 Å². The van der Waals surface area contributed by atoms with Gasteiger partial charge >= 0.3 is 6.09 Å². The minimum absolute atomic E-state index is 0.0309. The summed E-state index contributed by atoms with van der Waals surface area (Å²) in [5, 5.41) is 23.3. The van der Waals surface area contributed by atoms with E-state index in [1.165, 1.54) is 0 Å². The maximum absolute atomic E-state index is 13.5. The fourth-order valence-electron chi connectivity index (χ4n) is 6.68. The first-order valence-corrected chi connectivity index (χ1v) is 17.5. The Kier molecular flexibility index (Phi) is 11.8. The van der Waals surface area contributed by atoms with E-state index in [1.807, 2.05) is 105 Å². The van der Waals surface area contributed by atoms with Crippen molar-refractivity contribution in [2.75, 3.05) is 18.5 Å². The normalized spacial score (nSPS) is 23.0. The van der Waals surface area contributed by atoms with E-state index in [0.717, 1.165) is 27.2 Å². The summed E-state index contributed by atoms with van der Waals surface area (Å²) < 4.78 is 18.5. The maximum Gasteiger partial charge on any atom is 0.408 e. The number of carbonyl (C=O) groups excluding carboxylic acids is 3. The third-order valence-electron chi connectivity index (χ3n) is 9.94. The van der Waals surface area contributed by atoms with Gasteiger partial charge < -0.3 is 29.7 Å². The van der Waals surface area contributed by atoms with Crippen LogP contribution in [-0.4, -0.2) is 64.8 Å². The fraction of sp³-hybridized carbons (Fsp3) is 0.341. The second-order valence-electron chi connectivity index (χ2n) is 13.5. The average Bonchev–Trinajstić information content (AvgIpc) is 3.46. The summed E-state index contributed by atoms with van der Waals surface area (Å²) in [6, 6.07) is 31.9. The molecule has 0 aliphatic carbocycles. The van der Waals surface area contributed by atoms with Crippen LogP contribution in [0.15, 0.2) is 109 Å². The van der Waals surface area contributed by atoms with Crippen molar-refractivity contribution >= 4 is 23.6 Å². The highest BCUT2D eigenvalue weighted by Crippen LogP contribution is 2.43. The molecule has 2 saturated heterocycles. The van der Waals surface area contributed by atoms with E-state index in [0.29, 0.717) is 17.8 Å². The van der Waals surface area contributed by atoms with Crippen molar-refractivity contribution in [1.82, 2.24) is 10.2 Å². The number of benzene rings is 4. The van der Waals surface area contributed by atoms with Gasteiger partial charge in [-0.3, -0.25) is 14.5 Å². The van der Waals surface area contributed by atoms with Crippen molar-refractivity contribution in [1.29, 1.82) is 0 Å². The Bertz CT molecular complexity index is 1820. The van der Waals surface area contributed by atoms with Crippen LogP contribution in [0.5, 0.6) is 0 Å². The second kappa shape index (κ2) is 16.6. The molecule has 11 heteroatoms. The monoisotopic (exact) mass is 707 g/mol. The quantitative estimate of drug-likeness (QED) is 0.161. The van der Waals surface area contributed by atoms with Gasteiger partial charge in [-0.1, -0.05) is 104 Å². The number of likely N-dealkylation sites (N-methyl/N-ethyl adjacent to an activating group) is 1. The van der Waals surface area contributed by atoms with Crippen LogP contribution in [0, 0.1) is 5.92 Å². The Morgan fingerprint density at radius 3 is 2.31 bits per heavy atom. The van der Waals surface area contributed by atoms with E-state index < -0.39 is 42.4 Å². The molecule has 2 aliphatic heterocycles. The van der Waals surface area contributed by atoms with Gasteiger partial charge in [-0.15, -0.1) is 0 Å². The molecule has 0 spiro atoms. The number of imide groups is 1. The molecule has 2 heterocycles. The summed E-state index contributed by atoms with van der Waals surface area (Å²) in [7, 11) is 1.95. The minimum Gasteiger partial charge on any atom is -0.445 e. The Labute approximate surface area is 303 Å². The average molecular weight is 708 g/mol. The summed E-state index contributed by atoms with van der Waals surface area (Å²) in [6.45, 7) is 4.47. The van der Waals surface area contributed by atoms with Crippen molar-refractivity contribution in [3.05, 3.63) is 137 Å². The topological polar surface area (TPSA) is 138 Å². The number of aliphatic hydroxyl groups is 2. The van der Waals surface area contributed by atoms with Gasteiger partial charge in [0.15, 0.2) is 6.29 Å². The highest BCUT2D eigenvalue weighted by atomic mass is 16.7. The largest absolute Gasteiger partial charge is 0.445 e. The van der Waals surface area contributed by atoms with Crippen molar-refractivity contribution in [2.24, 2.45) is 5.92 Å². The highest BCUT2D eigenvalue weighted by Gasteiger charge is 2.42. The summed E-state index contributed by atoms with van der Waals surface area (Å²) in [4.78, 5) is 42.3. The van der Waals surface area contributed by atoms with Crippen LogP contribution in [0.1, 0.15) is 66.6 Å². The highest BCUT2D eigenvalue weighted by molar-refractivity contribution is 6.22. The first-order valence-electron chi connectivity index (χ1n) is 17.5. The van der Waals surface area contributed by atoms with E-state index in [2.05, 4.69) is 17.1 Å². The minimum atomic E-state index is -1.07. The number of aliphatic hydroxyl groups excluding tert-OH is 2. The first-order chi connectivity index (χ1) is 25.1. The zero-order valence-electron chi connectivity index (χ0n) is 29.5. The Morgan fingerprint density at radius 2 is 1.62 bits per heavy atom. The number of nitrogens with one attached hydrogen (secondary N) is 1. The molecule has 11 nitrogen and oxygen atoms in total. The van der Waals surface area contributed by atoms with Gasteiger partial charge in [-0.05, 0) is 48.4 Å². The molecule has 0 aromatic heterocycles. The lowest BCUT2D eigenvalue weighted by atomic mass is 9.89. The van der Waals surface area contributed by atoms with E-state index in [4.69, 9.17) is 14.2 Å². The number of alkyl carbamates (subject to hydrolysis) is 1. The number of ether oxygens (including phenoxy) is 3. The summed E-state index contributed by atoms with van der Waals surface area (Å²) in [5.41, 5.74) is 4.25. The molecular formula is C41H45N3O8. The molecule has 0 radical (unpaired) electrons. The summed E-state index contributed by atoms with van der Waals surface area (Å²) in [6.07, 6.45) is -3.30. The third kappa shape index (κ3) is 8.41. The molecule has 4 aromatic carbocycles. The molecule has 2 fully saturated rings.